The first-order valence-corrected chi connectivity index (χ1v) is 8.83. The maximum atomic E-state index is 6.22. The number of nitrogens with two attached hydrogens (primary N) is 1. The van der Waals surface area contributed by atoms with Gasteiger partial charge in [0, 0.05) is 31.3 Å². The second-order valence-corrected chi connectivity index (χ2v) is 8.44. The molecule has 0 unspecified atom stereocenters. The van der Waals surface area contributed by atoms with Crippen LogP contribution in [0.4, 0.5) is 0 Å². The minimum atomic E-state index is -0.0363. The zero-order chi connectivity index (χ0) is 15.4. The maximum Gasteiger partial charge on any atom is 0.136 e. The summed E-state index contributed by atoms with van der Waals surface area (Å²) in [5.41, 5.74) is 6.59. The lowest BCUT2D eigenvalue weighted by Gasteiger charge is -2.55. The molecule has 4 nitrogen and oxygen atoms in total. The van der Waals surface area contributed by atoms with Crippen LogP contribution in [0.15, 0.2) is 0 Å². The summed E-state index contributed by atoms with van der Waals surface area (Å²) in [6.45, 7) is 10.4. The first-order chi connectivity index (χ1) is 9.23. The lowest BCUT2D eigenvalue weighted by molar-refractivity contribution is -0.0450. The third-order valence-corrected chi connectivity index (χ3v) is 5.73. The lowest BCUT2D eigenvalue weighted by Crippen LogP contribution is -2.63. The molecular formula is C15H32N2O2Si. The van der Waals surface area contributed by atoms with Crippen LogP contribution in [0.3, 0.4) is 0 Å². The van der Waals surface area contributed by atoms with Crippen LogP contribution in [0.25, 0.3) is 0 Å². The molecule has 0 aromatic rings. The van der Waals surface area contributed by atoms with Crippen molar-refractivity contribution in [2.24, 2.45) is 5.73 Å². The number of nitrogens with zero attached hydrogens (tertiary/aromatic N) is 1. The predicted octanol–water partition coefficient (Wildman–Crippen LogP) is 2.06. The fourth-order valence-corrected chi connectivity index (χ4v) is 4.65. The highest BCUT2D eigenvalue weighted by Crippen LogP contribution is 2.37. The van der Waals surface area contributed by atoms with Crippen LogP contribution in [0.1, 0.15) is 47.0 Å². The summed E-state index contributed by atoms with van der Waals surface area (Å²) < 4.78 is 10.5. The molecule has 1 rings (SSSR count). The van der Waals surface area contributed by atoms with Crippen LogP contribution >= 0.6 is 0 Å². The van der Waals surface area contributed by atoms with Gasteiger partial charge in [-0.15, -0.1) is 0 Å². The van der Waals surface area contributed by atoms with Crippen molar-refractivity contribution in [1.82, 2.24) is 4.90 Å². The third kappa shape index (κ3) is 4.81. The van der Waals surface area contributed by atoms with E-state index >= 15 is 0 Å². The van der Waals surface area contributed by atoms with Gasteiger partial charge in [0.15, 0.2) is 0 Å². The molecule has 1 heterocycles. The molecule has 118 valence electrons. The van der Waals surface area contributed by atoms with E-state index in [0.717, 1.165) is 25.4 Å². The molecule has 1 aliphatic heterocycles. The van der Waals surface area contributed by atoms with Crippen molar-refractivity contribution in [3.63, 3.8) is 0 Å². The number of hydrogen-bond acceptors (Lipinski definition) is 4. The standard InChI is InChI=1S/C15H32N2O2Si/c1-14(2)10-12(16)11-15(3,4)17(14)8-7-9-20-13(18-5)19-6/h12-13H,7-11,16H2,1-6H3. The average molecular weight is 301 g/mol. The van der Waals surface area contributed by atoms with Crippen LogP contribution < -0.4 is 5.73 Å². The Hall–Kier alpha value is 0.0569. The van der Waals surface area contributed by atoms with E-state index < -0.39 is 0 Å². The van der Waals surface area contributed by atoms with E-state index in [1.54, 1.807) is 14.2 Å². The smallest absolute Gasteiger partial charge is 0.136 e. The first-order valence-electron chi connectivity index (χ1n) is 7.55. The monoisotopic (exact) mass is 300 g/mol. The van der Waals surface area contributed by atoms with Gasteiger partial charge >= 0.3 is 0 Å². The van der Waals surface area contributed by atoms with Crippen molar-refractivity contribution in [3.8, 4) is 0 Å². The second-order valence-electron chi connectivity index (χ2n) is 7.06. The Labute approximate surface area is 127 Å². The van der Waals surface area contributed by atoms with Crippen molar-refractivity contribution < 1.29 is 9.47 Å². The highest BCUT2D eigenvalue weighted by atomic mass is 28.2. The molecule has 0 atom stereocenters. The second kappa shape index (κ2) is 7.36. The molecule has 1 saturated heterocycles. The third-order valence-electron chi connectivity index (χ3n) is 4.28. The van der Waals surface area contributed by atoms with Gasteiger partial charge in [-0.1, -0.05) is 6.04 Å². The molecular weight excluding hydrogens is 268 g/mol. The topological polar surface area (TPSA) is 47.7 Å². The van der Waals surface area contributed by atoms with Gasteiger partial charge in [0.1, 0.15) is 15.4 Å². The van der Waals surface area contributed by atoms with Crippen molar-refractivity contribution >= 4 is 9.52 Å². The molecule has 1 fully saturated rings. The van der Waals surface area contributed by atoms with Gasteiger partial charge in [-0.2, -0.15) is 0 Å². The molecule has 0 aliphatic carbocycles. The minimum absolute atomic E-state index is 0.0363. The number of methoxy groups -OCH3 is 2. The van der Waals surface area contributed by atoms with Crippen LogP contribution in [0, 0.1) is 0 Å². The molecule has 20 heavy (non-hydrogen) atoms. The van der Waals surface area contributed by atoms with Crippen LogP contribution in [0.2, 0.25) is 6.04 Å². The molecule has 1 aliphatic rings. The summed E-state index contributed by atoms with van der Waals surface area (Å²) in [5.74, 6) is -0.0363. The molecule has 0 aromatic carbocycles. The predicted molar refractivity (Wildman–Crippen MR) is 85.1 cm³/mol. The Morgan fingerprint density at radius 1 is 1.15 bits per heavy atom. The Balaban J connectivity index is 2.48. The molecule has 0 amide bonds. The van der Waals surface area contributed by atoms with E-state index in [1.165, 1.54) is 6.42 Å². The quantitative estimate of drug-likeness (QED) is 0.444. The fraction of sp³-hybridized carbons (Fsp3) is 1.00. The number of rotatable bonds is 7. The van der Waals surface area contributed by atoms with Crippen molar-refractivity contribution in [2.45, 2.75) is 76.0 Å². The first kappa shape index (κ1) is 18.1. The maximum absolute atomic E-state index is 6.22. The Morgan fingerprint density at radius 2 is 1.65 bits per heavy atom. The zero-order valence-electron chi connectivity index (χ0n) is 14.0. The minimum Gasteiger partial charge on any atom is -0.360 e. The fourth-order valence-electron chi connectivity index (χ4n) is 3.72. The van der Waals surface area contributed by atoms with E-state index in [4.69, 9.17) is 15.2 Å². The van der Waals surface area contributed by atoms with E-state index in [9.17, 15) is 0 Å². The van der Waals surface area contributed by atoms with Gasteiger partial charge in [-0.3, -0.25) is 4.90 Å². The van der Waals surface area contributed by atoms with Crippen molar-refractivity contribution in [1.29, 1.82) is 0 Å². The largest absolute Gasteiger partial charge is 0.360 e. The summed E-state index contributed by atoms with van der Waals surface area (Å²) in [5, 5.41) is 0. The van der Waals surface area contributed by atoms with Gasteiger partial charge in [0.25, 0.3) is 0 Å². The number of hydrogen-bond donors (Lipinski definition) is 1. The van der Waals surface area contributed by atoms with Crippen LogP contribution in [0.5, 0.6) is 0 Å². The highest BCUT2D eigenvalue weighted by molar-refractivity contribution is 6.36. The van der Waals surface area contributed by atoms with Gasteiger partial charge in [0.2, 0.25) is 0 Å². The van der Waals surface area contributed by atoms with Crippen molar-refractivity contribution in [3.05, 3.63) is 0 Å². The summed E-state index contributed by atoms with van der Waals surface area (Å²) >= 11 is 0. The molecule has 0 spiro atoms. The summed E-state index contributed by atoms with van der Waals surface area (Å²) in [6.07, 6.45) is 3.35. The van der Waals surface area contributed by atoms with Gasteiger partial charge in [-0.25, -0.2) is 0 Å². The lowest BCUT2D eigenvalue weighted by atomic mass is 9.77. The molecule has 0 saturated carbocycles. The normalized spacial score (nSPS) is 23.4. The molecule has 2 N–H and O–H groups in total. The van der Waals surface area contributed by atoms with Gasteiger partial charge < -0.3 is 15.2 Å². The summed E-state index contributed by atoms with van der Waals surface area (Å²) in [6, 6.07) is 1.48. The molecule has 2 radical (unpaired) electrons. The molecule has 0 bridgehead atoms. The molecule has 5 heteroatoms. The van der Waals surface area contributed by atoms with E-state index in [0.29, 0.717) is 15.6 Å². The van der Waals surface area contributed by atoms with E-state index in [-0.39, 0.29) is 17.0 Å². The number of piperidine rings is 1. The average Bonchev–Trinajstić information content (AvgIpc) is 2.30. The highest BCUT2D eigenvalue weighted by Gasteiger charge is 2.43. The van der Waals surface area contributed by atoms with E-state index in [2.05, 4.69) is 32.6 Å². The van der Waals surface area contributed by atoms with Crippen molar-refractivity contribution in [2.75, 3.05) is 20.8 Å². The molecule has 0 aromatic heterocycles. The Bertz CT molecular complexity index is 276. The Morgan fingerprint density at radius 3 is 2.10 bits per heavy atom. The Kier molecular flexibility index (Phi) is 6.66. The van der Waals surface area contributed by atoms with E-state index in [1.807, 2.05) is 0 Å². The van der Waals surface area contributed by atoms with Crippen LogP contribution in [-0.4, -0.2) is 58.2 Å². The zero-order valence-corrected chi connectivity index (χ0v) is 15.0. The van der Waals surface area contributed by atoms with Gasteiger partial charge in [-0.05, 0) is 53.5 Å². The number of likely N-dealkylation sites (tertiary alicyclic amines) is 1. The SMILES string of the molecule is COC(OC)[Si]CCCN1C(C)(C)CC(N)CC1(C)C. The summed E-state index contributed by atoms with van der Waals surface area (Å²) in [7, 11) is 4.12. The number of ether oxygens (including phenoxy) is 2. The van der Waals surface area contributed by atoms with Gasteiger partial charge in [0.05, 0.1) is 0 Å². The van der Waals surface area contributed by atoms with Crippen LogP contribution in [-0.2, 0) is 9.47 Å². The summed E-state index contributed by atoms with van der Waals surface area (Å²) in [4.78, 5) is 2.64.